The Morgan fingerprint density at radius 1 is 1.39 bits per heavy atom. The van der Waals surface area contributed by atoms with Gasteiger partial charge in [0.2, 0.25) is 0 Å². The molecule has 1 amide bonds. The lowest BCUT2D eigenvalue weighted by Crippen LogP contribution is -2.52. The highest BCUT2D eigenvalue weighted by Gasteiger charge is 2.33. The second-order valence-electron chi connectivity index (χ2n) is 4.90. The first-order valence-electron chi connectivity index (χ1n) is 5.40. The van der Waals surface area contributed by atoms with Crippen LogP contribution in [-0.4, -0.2) is 28.3 Å². The molecule has 1 atom stereocenters. The number of hydrogen-bond donors (Lipinski definition) is 2. The third-order valence-electron chi connectivity index (χ3n) is 1.87. The molecular weight excluding hydrogens is 236 g/mol. The number of rotatable bonds is 4. The van der Waals surface area contributed by atoms with Crippen LogP contribution in [0.3, 0.4) is 0 Å². The SMILES string of the molecule is CC(C)(C)OC(=O)N[C@](C)(C=CCC#N)C(=O)O. The molecule has 100 valence electrons. The minimum Gasteiger partial charge on any atom is -0.479 e. The number of ether oxygens (including phenoxy) is 1. The van der Waals surface area contributed by atoms with Crippen LogP contribution >= 0.6 is 0 Å². The van der Waals surface area contributed by atoms with Crippen LogP contribution in [-0.2, 0) is 9.53 Å². The number of hydrogen-bond acceptors (Lipinski definition) is 4. The first-order chi connectivity index (χ1) is 8.10. The zero-order chi connectivity index (χ0) is 14.4. The Morgan fingerprint density at radius 3 is 2.33 bits per heavy atom. The second kappa shape index (κ2) is 6.05. The third-order valence-corrected chi connectivity index (χ3v) is 1.87. The molecule has 0 saturated carbocycles. The van der Waals surface area contributed by atoms with Crippen molar-refractivity contribution in [2.45, 2.75) is 45.3 Å². The van der Waals surface area contributed by atoms with E-state index in [0.29, 0.717) is 0 Å². The third kappa shape index (κ3) is 5.89. The molecule has 0 fully saturated rings. The van der Waals surface area contributed by atoms with E-state index < -0.39 is 23.2 Å². The Labute approximate surface area is 106 Å². The molecule has 0 radical (unpaired) electrons. The maximum absolute atomic E-state index is 11.5. The molecule has 0 saturated heterocycles. The predicted molar refractivity (Wildman–Crippen MR) is 64.8 cm³/mol. The van der Waals surface area contributed by atoms with E-state index in [9.17, 15) is 9.59 Å². The lowest BCUT2D eigenvalue weighted by Gasteiger charge is -2.26. The first-order valence-corrected chi connectivity index (χ1v) is 5.40. The summed E-state index contributed by atoms with van der Waals surface area (Å²) in [6.45, 7) is 6.34. The number of alkyl carbamates (subject to hydrolysis) is 1. The van der Waals surface area contributed by atoms with Crippen LogP contribution in [0.2, 0.25) is 0 Å². The monoisotopic (exact) mass is 254 g/mol. The van der Waals surface area contributed by atoms with E-state index in [1.807, 2.05) is 6.07 Å². The molecule has 0 unspecified atom stereocenters. The maximum Gasteiger partial charge on any atom is 0.408 e. The molecule has 6 nitrogen and oxygen atoms in total. The number of nitriles is 1. The topological polar surface area (TPSA) is 99.4 Å². The summed E-state index contributed by atoms with van der Waals surface area (Å²) in [5.74, 6) is -1.23. The highest BCUT2D eigenvalue weighted by Crippen LogP contribution is 2.11. The molecule has 2 N–H and O–H groups in total. The van der Waals surface area contributed by atoms with E-state index in [0.717, 1.165) is 0 Å². The van der Waals surface area contributed by atoms with Crippen molar-refractivity contribution in [3.63, 3.8) is 0 Å². The van der Waals surface area contributed by atoms with Gasteiger partial charge < -0.3 is 15.2 Å². The number of aliphatic carboxylic acids is 1. The van der Waals surface area contributed by atoms with Gasteiger partial charge in [0, 0.05) is 0 Å². The van der Waals surface area contributed by atoms with Crippen molar-refractivity contribution >= 4 is 12.1 Å². The summed E-state index contributed by atoms with van der Waals surface area (Å²) in [6.07, 6.45) is 1.88. The van der Waals surface area contributed by atoms with Gasteiger partial charge in [0.1, 0.15) is 5.60 Å². The van der Waals surface area contributed by atoms with E-state index in [1.54, 1.807) is 20.8 Å². The molecule has 0 heterocycles. The predicted octanol–water partition coefficient (Wildman–Crippen LogP) is 1.82. The van der Waals surface area contributed by atoms with Gasteiger partial charge in [0.05, 0.1) is 12.5 Å². The summed E-state index contributed by atoms with van der Waals surface area (Å²) in [4.78, 5) is 22.6. The Balaban J connectivity index is 4.78. The Morgan fingerprint density at radius 2 is 1.94 bits per heavy atom. The van der Waals surface area contributed by atoms with Crippen molar-refractivity contribution in [3.05, 3.63) is 12.2 Å². The summed E-state index contributed by atoms with van der Waals surface area (Å²) in [7, 11) is 0. The Hall–Kier alpha value is -2.03. The molecule has 0 aromatic heterocycles. The minimum absolute atomic E-state index is 0.0683. The maximum atomic E-state index is 11.5. The Bertz CT molecular complexity index is 390. The van der Waals surface area contributed by atoms with Crippen molar-refractivity contribution in [2.75, 3.05) is 0 Å². The number of carboxylic acid groups (broad SMARTS) is 1. The van der Waals surface area contributed by atoms with Crippen LogP contribution in [0.25, 0.3) is 0 Å². The van der Waals surface area contributed by atoms with Crippen molar-refractivity contribution < 1.29 is 19.4 Å². The molecule has 0 aliphatic heterocycles. The van der Waals surface area contributed by atoms with Gasteiger partial charge in [-0.1, -0.05) is 12.2 Å². The fourth-order valence-corrected chi connectivity index (χ4v) is 1.03. The fraction of sp³-hybridized carbons (Fsp3) is 0.583. The Kier molecular flexibility index (Phi) is 5.37. The first kappa shape index (κ1) is 16.0. The number of carboxylic acids is 1. The zero-order valence-electron chi connectivity index (χ0n) is 11.0. The van der Waals surface area contributed by atoms with Crippen molar-refractivity contribution in [1.82, 2.24) is 5.32 Å². The van der Waals surface area contributed by atoms with E-state index in [2.05, 4.69) is 5.32 Å². The number of allylic oxidation sites excluding steroid dienone is 1. The van der Waals surface area contributed by atoms with Crippen LogP contribution in [0.5, 0.6) is 0 Å². The highest BCUT2D eigenvalue weighted by molar-refractivity contribution is 5.86. The van der Waals surface area contributed by atoms with Crippen LogP contribution < -0.4 is 5.32 Å². The van der Waals surface area contributed by atoms with Gasteiger partial charge >= 0.3 is 12.1 Å². The molecule has 0 bridgehead atoms. The normalized spacial score (nSPS) is 14.6. The molecule has 0 aromatic rings. The summed E-state index contributed by atoms with van der Waals surface area (Å²) in [5.41, 5.74) is -2.31. The minimum atomic E-state index is -1.60. The summed E-state index contributed by atoms with van der Waals surface area (Å²) in [6, 6.07) is 1.85. The molecule has 18 heavy (non-hydrogen) atoms. The van der Waals surface area contributed by atoms with Gasteiger partial charge in [0.15, 0.2) is 5.54 Å². The number of carbonyl (C=O) groups excluding carboxylic acids is 1. The van der Waals surface area contributed by atoms with Crippen LogP contribution in [0.4, 0.5) is 4.79 Å². The zero-order valence-corrected chi connectivity index (χ0v) is 11.0. The highest BCUT2D eigenvalue weighted by atomic mass is 16.6. The van der Waals surface area contributed by atoms with Gasteiger partial charge in [0.25, 0.3) is 0 Å². The van der Waals surface area contributed by atoms with E-state index in [4.69, 9.17) is 15.1 Å². The van der Waals surface area contributed by atoms with Crippen LogP contribution in [0.15, 0.2) is 12.2 Å². The average molecular weight is 254 g/mol. The molecular formula is C12H18N2O4. The van der Waals surface area contributed by atoms with Gasteiger partial charge in [-0.05, 0) is 27.7 Å². The molecule has 0 rings (SSSR count). The van der Waals surface area contributed by atoms with E-state index in [-0.39, 0.29) is 6.42 Å². The quantitative estimate of drug-likeness (QED) is 0.745. The molecule has 0 aromatic carbocycles. The van der Waals surface area contributed by atoms with Gasteiger partial charge in [-0.2, -0.15) is 5.26 Å². The number of nitrogens with zero attached hydrogens (tertiary/aromatic N) is 1. The van der Waals surface area contributed by atoms with E-state index >= 15 is 0 Å². The van der Waals surface area contributed by atoms with Crippen molar-refractivity contribution in [3.8, 4) is 6.07 Å². The molecule has 0 spiro atoms. The van der Waals surface area contributed by atoms with Gasteiger partial charge in [-0.3, -0.25) is 0 Å². The van der Waals surface area contributed by atoms with Gasteiger partial charge in [-0.15, -0.1) is 0 Å². The van der Waals surface area contributed by atoms with Gasteiger partial charge in [-0.25, -0.2) is 9.59 Å². The largest absolute Gasteiger partial charge is 0.479 e. The fourth-order valence-electron chi connectivity index (χ4n) is 1.03. The lowest BCUT2D eigenvalue weighted by molar-refractivity contribution is -0.142. The smallest absolute Gasteiger partial charge is 0.408 e. The van der Waals surface area contributed by atoms with Crippen LogP contribution in [0.1, 0.15) is 34.1 Å². The number of nitrogens with one attached hydrogen (secondary N) is 1. The lowest BCUT2D eigenvalue weighted by atomic mass is 10.0. The number of carbonyl (C=O) groups is 2. The summed E-state index contributed by atoms with van der Waals surface area (Å²) in [5, 5.41) is 19.7. The van der Waals surface area contributed by atoms with Crippen molar-refractivity contribution in [2.24, 2.45) is 0 Å². The molecule has 6 heteroatoms. The summed E-state index contributed by atoms with van der Waals surface area (Å²) < 4.78 is 4.98. The van der Waals surface area contributed by atoms with Crippen LogP contribution in [0, 0.1) is 11.3 Å². The summed E-state index contributed by atoms with van der Waals surface area (Å²) >= 11 is 0. The van der Waals surface area contributed by atoms with Crippen molar-refractivity contribution in [1.29, 1.82) is 5.26 Å². The van der Waals surface area contributed by atoms with E-state index in [1.165, 1.54) is 19.1 Å². The standard InChI is InChI=1S/C12H18N2O4/c1-11(2,3)18-10(17)14-12(4,9(15)16)7-5-6-8-13/h5,7H,6H2,1-4H3,(H,14,17)(H,15,16)/t12-/m1/s1. The second-order valence-corrected chi connectivity index (χ2v) is 4.90. The number of amides is 1. The molecule has 0 aliphatic rings. The average Bonchev–Trinajstić information content (AvgIpc) is 2.14. The molecule has 0 aliphatic carbocycles.